The van der Waals surface area contributed by atoms with Gasteiger partial charge in [0.1, 0.15) is 0 Å². The van der Waals surface area contributed by atoms with Gasteiger partial charge in [-0.1, -0.05) is 13.0 Å². The molecule has 2 amide bonds. The molecule has 0 heterocycles. The van der Waals surface area contributed by atoms with E-state index in [4.69, 9.17) is 0 Å². The molecule has 0 aliphatic carbocycles. The van der Waals surface area contributed by atoms with Crippen molar-refractivity contribution < 1.29 is 27.7 Å². The molecule has 1 unspecified atom stereocenters. The largest absolute Gasteiger partial charge is 0.320 e. The standard InChI is InChI=1S/C20H21BrF3N3O2/c1-3-8-27(10-17(28)25-15-6-4-12(2)9-13(15)21)11-18(29)26-16-7-5-14(22)19(23)20(16)24/h4-7,9H,3,8,10-11H2,1-2H3,(H,25,28)(H,26,29)/p+1. The van der Waals surface area contributed by atoms with Gasteiger partial charge in [-0.15, -0.1) is 0 Å². The number of quaternary nitrogens is 1. The summed E-state index contributed by atoms with van der Waals surface area (Å²) in [6.07, 6.45) is 0.712. The summed E-state index contributed by atoms with van der Waals surface area (Å²) in [6.45, 7) is 4.24. The molecular weight excluding hydrogens is 451 g/mol. The molecule has 0 spiro atoms. The second-order valence-electron chi connectivity index (χ2n) is 6.66. The van der Waals surface area contributed by atoms with Gasteiger partial charge in [0.05, 0.1) is 17.9 Å². The van der Waals surface area contributed by atoms with Crippen molar-refractivity contribution in [2.24, 2.45) is 0 Å². The average Bonchev–Trinajstić information content (AvgIpc) is 2.64. The summed E-state index contributed by atoms with van der Waals surface area (Å²) >= 11 is 3.39. The smallest absolute Gasteiger partial charge is 0.279 e. The lowest BCUT2D eigenvalue weighted by Crippen LogP contribution is -3.14. The van der Waals surface area contributed by atoms with Crippen LogP contribution in [0.4, 0.5) is 24.5 Å². The number of hydrogen-bond acceptors (Lipinski definition) is 2. The molecule has 29 heavy (non-hydrogen) atoms. The molecule has 0 aliphatic rings. The van der Waals surface area contributed by atoms with E-state index in [2.05, 4.69) is 26.6 Å². The third-order valence-electron chi connectivity index (χ3n) is 4.13. The first-order valence-corrected chi connectivity index (χ1v) is 9.83. The van der Waals surface area contributed by atoms with Gasteiger partial charge >= 0.3 is 0 Å². The van der Waals surface area contributed by atoms with Crippen LogP contribution in [0.15, 0.2) is 34.8 Å². The zero-order valence-corrected chi connectivity index (χ0v) is 17.6. The highest BCUT2D eigenvalue weighted by Crippen LogP contribution is 2.23. The molecule has 0 saturated carbocycles. The second-order valence-corrected chi connectivity index (χ2v) is 7.51. The maximum Gasteiger partial charge on any atom is 0.279 e. The minimum absolute atomic E-state index is 0.0157. The van der Waals surface area contributed by atoms with Gasteiger partial charge in [-0.05, 0) is 59.1 Å². The molecule has 9 heteroatoms. The van der Waals surface area contributed by atoms with Crippen molar-refractivity contribution in [3.8, 4) is 0 Å². The molecule has 2 aromatic carbocycles. The maximum absolute atomic E-state index is 13.7. The summed E-state index contributed by atoms with van der Waals surface area (Å²) in [5, 5.41) is 5.01. The van der Waals surface area contributed by atoms with Crippen molar-refractivity contribution in [3.05, 3.63) is 57.8 Å². The third-order valence-corrected chi connectivity index (χ3v) is 4.79. The van der Waals surface area contributed by atoms with Crippen LogP contribution in [0, 0.1) is 24.4 Å². The van der Waals surface area contributed by atoms with Gasteiger partial charge in [0.2, 0.25) is 0 Å². The van der Waals surface area contributed by atoms with Crippen LogP contribution in [0.25, 0.3) is 0 Å². The minimum atomic E-state index is -1.65. The number of rotatable bonds is 8. The van der Waals surface area contributed by atoms with E-state index in [0.717, 1.165) is 22.2 Å². The van der Waals surface area contributed by atoms with Crippen molar-refractivity contribution in [2.45, 2.75) is 20.3 Å². The Kier molecular flexibility index (Phi) is 8.21. The first kappa shape index (κ1) is 22.9. The van der Waals surface area contributed by atoms with Gasteiger partial charge < -0.3 is 15.5 Å². The zero-order valence-electron chi connectivity index (χ0n) is 16.0. The number of carbonyl (C=O) groups excluding carboxylic acids is 2. The Labute approximate surface area is 175 Å². The molecule has 0 saturated heterocycles. The first-order valence-electron chi connectivity index (χ1n) is 9.04. The van der Waals surface area contributed by atoms with Crippen LogP contribution in [0.1, 0.15) is 18.9 Å². The molecule has 0 aromatic heterocycles. The average molecular weight is 473 g/mol. The summed E-state index contributed by atoms with van der Waals surface area (Å²) in [6, 6.07) is 7.19. The van der Waals surface area contributed by atoms with E-state index in [-0.39, 0.29) is 19.0 Å². The molecule has 3 N–H and O–H groups in total. The Balaban J connectivity index is 1.99. The number of amides is 2. The van der Waals surface area contributed by atoms with E-state index in [9.17, 15) is 22.8 Å². The number of halogens is 4. The Morgan fingerprint density at radius 1 is 0.966 bits per heavy atom. The van der Waals surface area contributed by atoms with Crippen LogP contribution in [0.2, 0.25) is 0 Å². The number of aryl methyl sites for hydroxylation is 1. The summed E-state index contributed by atoms with van der Waals surface area (Å²) in [5.74, 6) is -5.34. The number of hydrogen-bond donors (Lipinski definition) is 3. The van der Waals surface area contributed by atoms with Crippen LogP contribution in [0.5, 0.6) is 0 Å². The number of benzene rings is 2. The van der Waals surface area contributed by atoms with Crippen LogP contribution in [0.3, 0.4) is 0 Å². The Hall–Kier alpha value is -2.39. The topological polar surface area (TPSA) is 62.6 Å². The molecule has 5 nitrogen and oxygen atoms in total. The van der Waals surface area contributed by atoms with Crippen LogP contribution >= 0.6 is 15.9 Å². The van der Waals surface area contributed by atoms with Crippen molar-refractivity contribution in [1.29, 1.82) is 0 Å². The van der Waals surface area contributed by atoms with Crippen LogP contribution in [-0.4, -0.2) is 31.4 Å². The van der Waals surface area contributed by atoms with Gasteiger partial charge in [0.25, 0.3) is 11.8 Å². The van der Waals surface area contributed by atoms with Crippen molar-refractivity contribution in [3.63, 3.8) is 0 Å². The number of nitrogens with one attached hydrogen (secondary N) is 3. The summed E-state index contributed by atoms with van der Waals surface area (Å²) in [5.41, 5.74) is 1.21. The molecule has 156 valence electrons. The molecule has 2 aromatic rings. The van der Waals surface area contributed by atoms with Crippen LogP contribution in [-0.2, 0) is 9.59 Å². The molecule has 0 radical (unpaired) electrons. The molecule has 0 fully saturated rings. The second kappa shape index (κ2) is 10.4. The lowest BCUT2D eigenvalue weighted by molar-refractivity contribution is -0.883. The molecule has 0 bridgehead atoms. The number of anilines is 2. The first-order chi connectivity index (χ1) is 13.7. The molecule has 2 rings (SSSR count). The van der Waals surface area contributed by atoms with Crippen molar-refractivity contribution >= 4 is 39.1 Å². The maximum atomic E-state index is 13.7. The number of carbonyl (C=O) groups is 2. The summed E-state index contributed by atoms with van der Waals surface area (Å²) in [7, 11) is 0. The van der Waals surface area contributed by atoms with Crippen molar-refractivity contribution in [1.82, 2.24) is 0 Å². The van der Waals surface area contributed by atoms with E-state index in [1.165, 1.54) is 0 Å². The third kappa shape index (κ3) is 6.57. The van der Waals surface area contributed by atoms with E-state index in [1.54, 1.807) is 6.07 Å². The normalized spacial score (nSPS) is 11.8. The fourth-order valence-corrected chi connectivity index (χ4v) is 3.37. The van der Waals surface area contributed by atoms with Gasteiger partial charge in [-0.2, -0.15) is 0 Å². The predicted octanol–water partition coefficient (Wildman–Crippen LogP) is 3.05. The van der Waals surface area contributed by atoms with Gasteiger partial charge in [0, 0.05) is 4.47 Å². The Bertz CT molecular complexity index is 909. The minimum Gasteiger partial charge on any atom is -0.320 e. The lowest BCUT2D eigenvalue weighted by Gasteiger charge is -2.18. The van der Waals surface area contributed by atoms with Gasteiger partial charge in [-0.25, -0.2) is 13.2 Å². The summed E-state index contributed by atoms with van der Waals surface area (Å²) in [4.78, 5) is 25.2. The van der Waals surface area contributed by atoms with Gasteiger partial charge in [-0.3, -0.25) is 9.59 Å². The predicted molar refractivity (Wildman–Crippen MR) is 108 cm³/mol. The summed E-state index contributed by atoms with van der Waals surface area (Å²) < 4.78 is 40.8. The Morgan fingerprint density at radius 3 is 2.14 bits per heavy atom. The highest BCUT2D eigenvalue weighted by Gasteiger charge is 2.20. The van der Waals surface area contributed by atoms with E-state index in [1.807, 2.05) is 26.0 Å². The van der Waals surface area contributed by atoms with E-state index < -0.39 is 29.0 Å². The quantitative estimate of drug-likeness (QED) is 0.517. The fraction of sp³-hybridized carbons (Fsp3) is 0.300. The SMILES string of the molecule is CCC[NH+](CC(=O)Nc1ccc(C)cc1Br)CC(=O)Nc1ccc(F)c(F)c1F. The van der Waals surface area contributed by atoms with Gasteiger partial charge in [0.15, 0.2) is 30.5 Å². The van der Waals surface area contributed by atoms with Crippen LogP contribution < -0.4 is 15.5 Å². The zero-order chi connectivity index (χ0) is 21.6. The fourth-order valence-electron chi connectivity index (χ4n) is 2.78. The molecule has 0 aliphatic heterocycles. The highest BCUT2D eigenvalue weighted by molar-refractivity contribution is 9.10. The van der Waals surface area contributed by atoms with E-state index >= 15 is 0 Å². The van der Waals surface area contributed by atoms with E-state index in [0.29, 0.717) is 23.6 Å². The van der Waals surface area contributed by atoms with Crippen molar-refractivity contribution in [2.75, 3.05) is 30.3 Å². The highest BCUT2D eigenvalue weighted by atomic mass is 79.9. The lowest BCUT2D eigenvalue weighted by atomic mass is 10.2. The Morgan fingerprint density at radius 2 is 1.55 bits per heavy atom. The molecular formula is C20H22BrF3N3O2+. The molecule has 1 atom stereocenters. The monoisotopic (exact) mass is 472 g/mol.